The summed E-state index contributed by atoms with van der Waals surface area (Å²) in [5.74, 6) is -0.706. The van der Waals surface area contributed by atoms with Gasteiger partial charge in [-0.15, -0.1) is 0 Å². The van der Waals surface area contributed by atoms with Crippen molar-refractivity contribution in [3.63, 3.8) is 0 Å². The second-order valence-corrected chi connectivity index (χ2v) is 4.81. The minimum atomic E-state index is -0.578. The van der Waals surface area contributed by atoms with Gasteiger partial charge in [0, 0.05) is 16.8 Å². The average molecular weight is 309 g/mol. The van der Waals surface area contributed by atoms with Crippen molar-refractivity contribution in [2.24, 2.45) is 10.7 Å². The van der Waals surface area contributed by atoms with E-state index in [1.54, 1.807) is 24.3 Å². The molecule has 0 aromatic heterocycles. The van der Waals surface area contributed by atoms with Crippen molar-refractivity contribution in [3.05, 3.63) is 57.6 Å². The Balaban J connectivity index is 2.42. The summed E-state index contributed by atoms with van der Waals surface area (Å²) in [4.78, 5) is 15.4. The Morgan fingerprint density at radius 3 is 2.65 bits per heavy atom. The van der Waals surface area contributed by atoms with Crippen LogP contribution in [-0.4, -0.2) is 17.2 Å². The molecule has 2 aromatic carbocycles. The van der Waals surface area contributed by atoms with Crippen LogP contribution in [0.5, 0.6) is 5.75 Å². The maximum atomic E-state index is 11.3. The number of carbonyl (C=O) groups excluding carboxylic acids is 1. The van der Waals surface area contributed by atoms with Crippen molar-refractivity contribution in [1.82, 2.24) is 0 Å². The lowest BCUT2D eigenvalue weighted by atomic mass is 10.1. The van der Waals surface area contributed by atoms with E-state index in [-0.39, 0.29) is 16.3 Å². The fraction of sp³-hybridized carbons (Fsp3) is 0. The maximum absolute atomic E-state index is 11.3. The molecule has 0 heterocycles. The van der Waals surface area contributed by atoms with Crippen LogP contribution in [0.15, 0.2) is 41.4 Å². The summed E-state index contributed by atoms with van der Waals surface area (Å²) in [6.07, 6.45) is 1.37. The molecule has 4 nitrogen and oxygen atoms in total. The van der Waals surface area contributed by atoms with Gasteiger partial charge in [-0.1, -0.05) is 35.3 Å². The van der Waals surface area contributed by atoms with E-state index < -0.39 is 5.91 Å². The number of primary amides is 1. The van der Waals surface area contributed by atoms with Gasteiger partial charge in [-0.25, -0.2) is 0 Å². The van der Waals surface area contributed by atoms with Gasteiger partial charge in [-0.2, -0.15) is 0 Å². The van der Waals surface area contributed by atoms with Crippen molar-refractivity contribution < 1.29 is 9.90 Å². The van der Waals surface area contributed by atoms with Crippen molar-refractivity contribution in [2.75, 3.05) is 0 Å². The van der Waals surface area contributed by atoms with Crippen LogP contribution in [-0.2, 0) is 0 Å². The molecule has 0 atom stereocenters. The van der Waals surface area contributed by atoms with Crippen molar-refractivity contribution in [1.29, 1.82) is 0 Å². The highest BCUT2D eigenvalue weighted by atomic mass is 35.5. The number of para-hydroxylation sites is 1. The SMILES string of the molecule is NC(=O)c1ccccc1N=Cc1cc(Cl)cc(Cl)c1O. The first-order chi connectivity index (χ1) is 9.49. The van der Waals surface area contributed by atoms with E-state index in [4.69, 9.17) is 28.9 Å². The molecule has 20 heavy (non-hydrogen) atoms. The number of nitrogens with two attached hydrogens (primary N) is 1. The first-order valence-corrected chi connectivity index (χ1v) is 6.35. The molecule has 0 radical (unpaired) electrons. The number of rotatable bonds is 3. The predicted molar refractivity (Wildman–Crippen MR) is 80.3 cm³/mol. The van der Waals surface area contributed by atoms with E-state index >= 15 is 0 Å². The number of aromatic hydroxyl groups is 1. The largest absolute Gasteiger partial charge is 0.506 e. The van der Waals surface area contributed by atoms with Gasteiger partial charge in [0.15, 0.2) is 0 Å². The van der Waals surface area contributed by atoms with Crippen LogP contribution >= 0.6 is 23.2 Å². The molecule has 0 fully saturated rings. The minimum Gasteiger partial charge on any atom is -0.506 e. The van der Waals surface area contributed by atoms with Gasteiger partial charge in [-0.05, 0) is 24.3 Å². The summed E-state index contributed by atoms with van der Waals surface area (Å²) in [6, 6.07) is 9.56. The smallest absolute Gasteiger partial charge is 0.250 e. The lowest BCUT2D eigenvalue weighted by molar-refractivity contribution is 0.100. The van der Waals surface area contributed by atoms with Gasteiger partial charge in [0.1, 0.15) is 5.75 Å². The summed E-state index contributed by atoms with van der Waals surface area (Å²) < 4.78 is 0. The Morgan fingerprint density at radius 1 is 1.25 bits per heavy atom. The Labute approximate surface area is 125 Å². The van der Waals surface area contributed by atoms with Crippen LogP contribution in [0.25, 0.3) is 0 Å². The molecule has 0 spiro atoms. The summed E-state index contributed by atoms with van der Waals surface area (Å²) in [7, 11) is 0. The molecule has 6 heteroatoms. The van der Waals surface area contributed by atoms with E-state index in [1.165, 1.54) is 18.3 Å². The van der Waals surface area contributed by atoms with Crippen LogP contribution in [0.3, 0.4) is 0 Å². The average Bonchev–Trinajstić information content (AvgIpc) is 2.41. The molecule has 2 rings (SSSR count). The van der Waals surface area contributed by atoms with Crippen molar-refractivity contribution in [3.8, 4) is 5.75 Å². The van der Waals surface area contributed by atoms with E-state index in [0.717, 1.165) is 0 Å². The summed E-state index contributed by atoms with van der Waals surface area (Å²) in [6.45, 7) is 0. The number of phenolic OH excluding ortho intramolecular Hbond substituents is 1. The molecule has 0 saturated heterocycles. The van der Waals surface area contributed by atoms with Crippen LogP contribution in [0.1, 0.15) is 15.9 Å². The molecule has 0 saturated carbocycles. The topological polar surface area (TPSA) is 75.7 Å². The minimum absolute atomic E-state index is 0.127. The number of benzene rings is 2. The Kier molecular flexibility index (Phi) is 4.27. The molecule has 0 bridgehead atoms. The van der Waals surface area contributed by atoms with Gasteiger partial charge in [0.25, 0.3) is 5.91 Å². The van der Waals surface area contributed by atoms with Gasteiger partial charge in [0.05, 0.1) is 16.3 Å². The highest BCUT2D eigenvalue weighted by molar-refractivity contribution is 6.36. The molecule has 102 valence electrons. The van der Waals surface area contributed by atoms with Crippen molar-refractivity contribution in [2.45, 2.75) is 0 Å². The second kappa shape index (κ2) is 5.94. The highest BCUT2D eigenvalue weighted by Gasteiger charge is 2.08. The highest BCUT2D eigenvalue weighted by Crippen LogP contribution is 2.30. The predicted octanol–water partition coefficient (Wildman–Crippen LogP) is 3.55. The third-order valence-electron chi connectivity index (χ3n) is 2.57. The summed E-state index contributed by atoms with van der Waals surface area (Å²) >= 11 is 11.7. The first kappa shape index (κ1) is 14.4. The van der Waals surface area contributed by atoms with Gasteiger partial charge < -0.3 is 10.8 Å². The fourth-order valence-electron chi connectivity index (χ4n) is 1.62. The Bertz CT molecular complexity index is 700. The van der Waals surface area contributed by atoms with Crippen LogP contribution in [0.2, 0.25) is 10.0 Å². The number of carbonyl (C=O) groups is 1. The Morgan fingerprint density at radius 2 is 1.95 bits per heavy atom. The molecule has 0 unspecified atom stereocenters. The molecule has 0 aliphatic carbocycles. The number of phenols is 1. The summed E-state index contributed by atoms with van der Waals surface area (Å²) in [5.41, 5.74) is 6.29. The molecular formula is C14H10Cl2N2O2. The van der Waals surface area contributed by atoms with Crippen LogP contribution < -0.4 is 5.73 Å². The number of nitrogens with zero attached hydrogens (tertiary/aromatic N) is 1. The fourth-order valence-corrected chi connectivity index (χ4v) is 2.13. The lowest BCUT2D eigenvalue weighted by Crippen LogP contribution is -2.10. The quantitative estimate of drug-likeness (QED) is 0.851. The standard InChI is InChI=1S/C14H10Cl2N2O2/c15-9-5-8(13(19)11(16)6-9)7-18-12-4-2-1-3-10(12)14(17)20/h1-7,19H,(H2,17,20). The number of halogens is 2. The van der Waals surface area contributed by atoms with Gasteiger partial charge in [0.2, 0.25) is 0 Å². The van der Waals surface area contributed by atoms with Crippen molar-refractivity contribution >= 4 is 41.0 Å². The normalized spacial score (nSPS) is 10.9. The third-order valence-corrected chi connectivity index (χ3v) is 3.08. The van der Waals surface area contributed by atoms with Crippen LogP contribution in [0, 0.1) is 0 Å². The first-order valence-electron chi connectivity index (χ1n) is 5.60. The summed E-state index contributed by atoms with van der Waals surface area (Å²) in [5, 5.41) is 10.3. The number of hydrogen-bond acceptors (Lipinski definition) is 3. The Hall–Kier alpha value is -2.04. The monoisotopic (exact) mass is 308 g/mol. The third kappa shape index (κ3) is 3.10. The zero-order valence-electron chi connectivity index (χ0n) is 10.2. The van der Waals surface area contributed by atoms with Gasteiger partial charge in [-0.3, -0.25) is 9.79 Å². The lowest BCUT2D eigenvalue weighted by Gasteiger charge is -2.03. The molecular weight excluding hydrogens is 299 g/mol. The van der Waals surface area contributed by atoms with Crippen LogP contribution in [0.4, 0.5) is 5.69 Å². The number of amides is 1. The molecule has 0 aliphatic rings. The number of hydrogen-bond donors (Lipinski definition) is 2. The van der Waals surface area contributed by atoms with E-state index in [0.29, 0.717) is 16.3 Å². The number of aliphatic imine (C=N–C) groups is 1. The molecule has 0 aliphatic heterocycles. The van der Waals surface area contributed by atoms with E-state index in [9.17, 15) is 9.90 Å². The van der Waals surface area contributed by atoms with E-state index in [2.05, 4.69) is 4.99 Å². The molecule has 2 aromatic rings. The molecule has 1 amide bonds. The van der Waals surface area contributed by atoms with Gasteiger partial charge >= 0.3 is 0 Å². The molecule has 3 N–H and O–H groups in total. The maximum Gasteiger partial charge on any atom is 0.250 e. The van der Waals surface area contributed by atoms with E-state index in [1.807, 2.05) is 0 Å². The zero-order chi connectivity index (χ0) is 14.7. The second-order valence-electron chi connectivity index (χ2n) is 3.97. The zero-order valence-corrected chi connectivity index (χ0v) is 11.7.